The molecule has 1 N–H and O–H groups in total. The van der Waals surface area contributed by atoms with Gasteiger partial charge in [-0.1, -0.05) is 11.8 Å². The van der Waals surface area contributed by atoms with Crippen LogP contribution in [0.15, 0.2) is 17.6 Å². The molecule has 0 spiro atoms. The lowest BCUT2D eigenvalue weighted by Gasteiger charge is -2.04. The number of aromatic nitrogens is 2. The summed E-state index contributed by atoms with van der Waals surface area (Å²) in [7, 11) is 0. The summed E-state index contributed by atoms with van der Waals surface area (Å²) >= 11 is 1.67. The summed E-state index contributed by atoms with van der Waals surface area (Å²) in [6.45, 7) is 7.42. The third-order valence-corrected chi connectivity index (χ3v) is 2.77. The maximum atomic E-state index is 5.22. The van der Waals surface area contributed by atoms with Crippen LogP contribution in [0.5, 0.6) is 0 Å². The van der Waals surface area contributed by atoms with Crippen LogP contribution >= 0.6 is 11.8 Å². The number of aryl methyl sites for hydroxylation is 1. The molecule has 1 heterocycles. The van der Waals surface area contributed by atoms with Gasteiger partial charge in [0.2, 0.25) is 0 Å². The van der Waals surface area contributed by atoms with E-state index >= 15 is 0 Å². The smallest absolute Gasteiger partial charge is 0.187 e. The summed E-state index contributed by atoms with van der Waals surface area (Å²) in [6, 6.07) is 0. The van der Waals surface area contributed by atoms with Crippen molar-refractivity contribution in [1.82, 2.24) is 15.3 Å². The molecule has 5 heteroatoms. The van der Waals surface area contributed by atoms with Crippen molar-refractivity contribution in [3.8, 4) is 0 Å². The lowest BCUT2D eigenvalue weighted by atomic mass is 10.4. The zero-order chi connectivity index (χ0) is 11.6. The van der Waals surface area contributed by atoms with Crippen molar-refractivity contribution in [3.05, 3.63) is 18.0 Å². The Bertz CT molecular complexity index is 279. The van der Waals surface area contributed by atoms with Gasteiger partial charge < -0.3 is 10.1 Å². The van der Waals surface area contributed by atoms with E-state index in [1.165, 1.54) is 0 Å². The van der Waals surface area contributed by atoms with Crippen molar-refractivity contribution in [1.29, 1.82) is 0 Å². The predicted molar refractivity (Wildman–Crippen MR) is 66.9 cm³/mol. The number of ether oxygens (including phenoxy) is 1. The minimum absolute atomic E-state index is 0.780. The highest BCUT2D eigenvalue weighted by Crippen LogP contribution is 2.10. The molecule has 90 valence electrons. The standard InChI is InChI=1S/C11H19N3OS/c1-3-15-6-4-12-5-7-16-11-13-8-10(2)9-14-11/h8-9,12H,3-7H2,1-2H3. The van der Waals surface area contributed by atoms with Crippen LogP contribution in [0.3, 0.4) is 0 Å². The lowest BCUT2D eigenvalue weighted by molar-refractivity contribution is 0.150. The molecule has 16 heavy (non-hydrogen) atoms. The SMILES string of the molecule is CCOCCNCCSc1ncc(C)cn1. The summed E-state index contributed by atoms with van der Waals surface area (Å²) in [5.41, 5.74) is 1.10. The van der Waals surface area contributed by atoms with Gasteiger partial charge in [-0.15, -0.1) is 0 Å². The van der Waals surface area contributed by atoms with E-state index in [9.17, 15) is 0 Å². The third kappa shape index (κ3) is 6.05. The van der Waals surface area contributed by atoms with Gasteiger partial charge in [-0.3, -0.25) is 0 Å². The number of thioether (sulfide) groups is 1. The number of hydrogen-bond donors (Lipinski definition) is 1. The molecule has 0 aliphatic heterocycles. The Labute approximate surface area is 101 Å². The van der Waals surface area contributed by atoms with Crippen LogP contribution < -0.4 is 5.32 Å². The maximum absolute atomic E-state index is 5.22. The molecule has 1 rings (SSSR count). The Morgan fingerprint density at radius 3 is 2.75 bits per heavy atom. The van der Waals surface area contributed by atoms with Crippen LogP contribution in [0, 0.1) is 6.92 Å². The van der Waals surface area contributed by atoms with Gasteiger partial charge in [-0.05, 0) is 19.4 Å². The Balaban J connectivity index is 2.01. The molecule has 0 saturated carbocycles. The lowest BCUT2D eigenvalue weighted by Crippen LogP contribution is -2.22. The second-order valence-electron chi connectivity index (χ2n) is 3.34. The topological polar surface area (TPSA) is 47.0 Å². The van der Waals surface area contributed by atoms with Crippen LogP contribution in [-0.4, -0.2) is 42.0 Å². The molecular formula is C11H19N3OS. The first kappa shape index (κ1) is 13.4. The molecule has 0 unspecified atom stereocenters. The van der Waals surface area contributed by atoms with Gasteiger partial charge in [0, 0.05) is 37.8 Å². The third-order valence-electron chi connectivity index (χ3n) is 1.89. The molecule has 0 aliphatic carbocycles. The van der Waals surface area contributed by atoms with Gasteiger partial charge in [-0.25, -0.2) is 9.97 Å². The molecule has 1 aromatic heterocycles. The summed E-state index contributed by atoms with van der Waals surface area (Å²) in [5, 5.41) is 4.15. The fourth-order valence-corrected chi connectivity index (χ4v) is 1.77. The monoisotopic (exact) mass is 241 g/mol. The van der Waals surface area contributed by atoms with E-state index in [-0.39, 0.29) is 0 Å². The highest BCUT2D eigenvalue weighted by molar-refractivity contribution is 7.99. The molecule has 0 amide bonds. The quantitative estimate of drug-likeness (QED) is 0.424. The van der Waals surface area contributed by atoms with Gasteiger partial charge in [-0.2, -0.15) is 0 Å². The van der Waals surface area contributed by atoms with Crippen molar-refractivity contribution in [2.75, 3.05) is 32.1 Å². The van der Waals surface area contributed by atoms with E-state index in [0.717, 1.165) is 42.8 Å². The van der Waals surface area contributed by atoms with Crippen molar-refractivity contribution in [2.24, 2.45) is 0 Å². The summed E-state index contributed by atoms with van der Waals surface area (Å²) in [4.78, 5) is 8.45. The second-order valence-corrected chi connectivity index (χ2v) is 4.40. The number of hydrogen-bond acceptors (Lipinski definition) is 5. The second kappa shape index (κ2) is 8.50. The normalized spacial score (nSPS) is 10.6. The molecule has 0 atom stereocenters. The molecule has 0 aliphatic rings. The highest BCUT2D eigenvalue weighted by atomic mass is 32.2. The van der Waals surface area contributed by atoms with Crippen LogP contribution in [-0.2, 0) is 4.74 Å². The first-order valence-electron chi connectivity index (χ1n) is 5.53. The van der Waals surface area contributed by atoms with Crippen LogP contribution in [0.4, 0.5) is 0 Å². The van der Waals surface area contributed by atoms with E-state index in [2.05, 4.69) is 15.3 Å². The van der Waals surface area contributed by atoms with Crippen molar-refractivity contribution in [3.63, 3.8) is 0 Å². The highest BCUT2D eigenvalue weighted by Gasteiger charge is 1.96. The molecular weight excluding hydrogens is 222 g/mol. The minimum atomic E-state index is 0.780. The molecule has 0 bridgehead atoms. The molecule has 0 aromatic carbocycles. The van der Waals surface area contributed by atoms with E-state index in [0.29, 0.717) is 0 Å². The molecule has 0 radical (unpaired) electrons. The first-order valence-corrected chi connectivity index (χ1v) is 6.51. The largest absolute Gasteiger partial charge is 0.380 e. The van der Waals surface area contributed by atoms with E-state index in [1.807, 2.05) is 26.2 Å². The maximum Gasteiger partial charge on any atom is 0.187 e. The van der Waals surface area contributed by atoms with Crippen molar-refractivity contribution in [2.45, 2.75) is 19.0 Å². The van der Waals surface area contributed by atoms with E-state index in [4.69, 9.17) is 4.74 Å². The molecule has 0 saturated heterocycles. The summed E-state index contributed by atoms with van der Waals surface area (Å²) in [5.74, 6) is 0.981. The van der Waals surface area contributed by atoms with Gasteiger partial charge >= 0.3 is 0 Å². The Morgan fingerprint density at radius 1 is 1.31 bits per heavy atom. The Morgan fingerprint density at radius 2 is 2.06 bits per heavy atom. The number of nitrogens with zero attached hydrogens (tertiary/aromatic N) is 2. The van der Waals surface area contributed by atoms with Crippen molar-refractivity contribution >= 4 is 11.8 Å². The van der Waals surface area contributed by atoms with Crippen LogP contribution in [0.1, 0.15) is 12.5 Å². The van der Waals surface area contributed by atoms with Crippen LogP contribution in [0.25, 0.3) is 0 Å². The van der Waals surface area contributed by atoms with Gasteiger partial charge in [0.05, 0.1) is 6.61 Å². The molecule has 1 aromatic rings. The first-order chi connectivity index (χ1) is 7.83. The van der Waals surface area contributed by atoms with Gasteiger partial charge in [0.25, 0.3) is 0 Å². The van der Waals surface area contributed by atoms with Crippen LogP contribution in [0.2, 0.25) is 0 Å². The Hall–Kier alpha value is -0.650. The van der Waals surface area contributed by atoms with E-state index in [1.54, 1.807) is 11.8 Å². The summed E-state index contributed by atoms with van der Waals surface area (Å²) in [6.07, 6.45) is 3.69. The number of rotatable bonds is 8. The average molecular weight is 241 g/mol. The average Bonchev–Trinajstić information content (AvgIpc) is 2.30. The zero-order valence-electron chi connectivity index (χ0n) is 9.90. The predicted octanol–water partition coefficient (Wildman–Crippen LogP) is 1.50. The number of nitrogens with one attached hydrogen (secondary N) is 1. The molecule has 4 nitrogen and oxygen atoms in total. The van der Waals surface area contributed by atoms with Crippen molar-refractivity contribution < 1.29 is 4.74 Å². The zero-order valence-corrected chi connectivity index (χ0v) is 10.7. The molecule has 0 fully saturated rings. The van der Waals surface area contributed by atoms with Gasteiger partial charge in [0.1, 0.15) is 0 Å². The summed E-state index contributed by atoms with van der Waals surface area (Å²) < 4.78 is 5.22. The fraction of sp³-hybridized carbons (Fsp3) is 0.636. The minimum Gasteiger partial charge on any atom is -0.380 e. The van der Waals surface area contributed by atoms with E-state index < -0.39 is 0 Å². The van der Waals surface area contributed by atoms with Gasteiger partial charge in [0.15, 0.2) is 5.16 Å². The Kier molecular flexibility index (Phi) is 7.12. The fourth-order valence-electron chi connectivity index (χ4n) is 1.08.